The van der Waals surface area contributed by atoms with Crippen LogP contribution in [0.1, 0.15) is 24.8 Å². The van der Waals surface area contributed by atoms with Gasteiger partial charge < -0.3 is 9.53 Å². The topological polar surface area (TPSA) is 50.4 Å². The van der Waals surface area contributed by atoms with Crippen LogP contribution in [-0.4, -0.2) is 24.5 Å². The maximum atomic E-state index is 11.0. The second-order valence-corrected chi connectivity index (χ2v) is 5.41. The summed E-state index contributed by atoms with van der Waals surface area (Å²) in [7, 11) is 0. The van der Waals surface area contributed by atoms with E-state index in [0.29, 0.717) is 12.5 Å². The molecule has 0 aromatic heterocycles. The quantitative estimate of drug-likeness (QED) is 0.804. The van der Waals surface area contributed by atoms with Crippen LogP contribution in [0.4, 0.5) is 0 Å². The number of benzene rings is 1. The van der Waals surface area contributed by atoms with Crippen LogP contribution in [0.3, 0.4) is 0 Å². The lowest BCUT2D eigenvalue weighted by molar-refractivity contribution is -0.110. The molecule has 4 heteroatoms. The molecule has 3 rings (SSSR count). The van der Waals surface area contributed by atoms with Crippen molar-refractivity contribution in [1.82, 2.24) is 10.9 Å². The lowest BCUT2D eigenvalue weighted by atomic mass is 9.80. The smallest absolute Gasteiger partial charge is 0.138 e. The molecule has 0 radical (unpaired) electrons. The number of nitrogens with one attached hydrogen (secondary N) is 2. The normalized spacial score (nSPS) is 33.9. The Hall–Kier alpha value is -1.23. The Morgan fingerprint density at radius 3 is 2.84 bits per heavy atom. The molecule has 2 aliphatic rings. The van der Waals surface area contributed by atoms with Crippen LogP contribution in [-0.2, 0) is 16.1 Å². The van der Waals surface area contributed by atoms with Crippen molar-refractivity contribution in [2.45, 2.75) is 44.1 Å². The third-order valence-electron chi connectivity index (χ3n) is 4.22. The van der Waals surface area contributed by atoms with Gasteiger partial charge in [0.05, 0.1) is 24.8 Å². The van der Waals surface area contributed by atoms with Gasteiger partial charge in [-0.05, 0) is 18.4 Å². The van der Waals surface area contributed by atoms with Crippen LogP contribution in [0.15, 0.2) is 30.3 Å². The highest BCUT2D eigenvalue weighted by Crippen LogP contribution is 2.31. The highest BCUT2D eigenvalue weighted by atomic mass is 16.5. The number of hydrogen-bond acceptors (Lipinski definition) is 4. The molecule has 4 atom stereocenters. The van der Waals surface area contributed by atoms with Crippen molar-refractivity contribution in [3.63, 3.8) is 0 Å². The molecule has 1 saturated carbocycles. The number of aldehydes is 1. The van der Waals surface area contributed by atoms with Crippen LogP contribution in [0.2, 0.25) is 0 Å². The molecule has 0 bridgehead atoms. The summed E-state index contributed by atoms with van der Waals surface area (Å²) in [6.45, 7) is 0.641. The fraction of sp³-hybridized carbons (Fsp3) is 0.533. The van der Waals surface area contributed by atoms with Crippen LogP contribution < -0.4 is 10.9 Å². The molecule has 4 nitrogen and oxygen atoms in total. The number of carbonyl (C=O) groups is 1. The number of ether oxygens (including phenoxy) is 1. The minimum atomic E-state index is -0.0619. The molecular formula is C15H20N2O2. The zero-order valence-electron chi connectivity index (χ0n) is 10.9. The molecule has 102 valence electrons. The van der Waals surface area contributed by atoms with E-state index in [4.69, 9.17) is 4.74 Å². The van der Waals surface area contributed by atoms with Crippen molar-refractivity contribution in [3.05, 3.63) is 35.9 Å². The lowest BCUT2D eigenvalue weighted by Crippen LogP contribution is -2.45. The van der Waals surface area contributed by atoms with Gasteiger partial charge in [0, 0.05) is 5.92 Å². The molecule has 1 aliphatic heterocycles. The first-order valence-corrected chi connectivity index (χ1v) is 7.00. The van der Waals surface area contributed by atoms with Crippen LogP contribution >= 0.6 is 0 Å². The Kier molecular flexibility index (Phi) is 3.92. The summed E-state index contributed by atoms with van der Waals surface area (Å²) in [6.07, 6.45) is 4.50. The molecule has 0 amide bonds. The third kappa shape index (κ3) is 2.71. The highest BCUT2D eigenvalue weighted by molar-refractivity contribution is 5.59. The molecule has 2 N–H and O–H groups in total. The minimum absolute atomic E-state index is 0.0619. The third-order valence-corrected chi connectivity index (χ3v) is 4.22. The van der Waals surface area contributed by atoms with Crippen LogP contribution in [0, 0.1) is 5.92 Å². The SMILES string of the molecule is O=CC1NNC2C(OCc3ccccc3)CCCC12. The van der Waals surface area contributed by atoms with E-state index in [0.717, 1.165) is 25.5 Å². The predicted octanol–water partition coefficient (Wildman–Crippen LogP) is 1.42. The average Bonchev–Trinajstić information content (AvgIpc) is 2.90. The summed E-state index contributed by atoms with van der Waals surface area (Å²) in [5.74, 6) is 0.368. The van der Waals surface area contributed by atoms with E-state index in [-0.39, 0.29) is 18.2 Å². The number of rotatable bonds is 4. The van der Waals surface area contributed by atoms with Gasteiger partial charge in [0.1, 0.15) is 6.29 Å². The monoisotopic (exact) mass is 260 g/mol. The van der Waals surface area contributed by atoms with Gasteiger partial charge in [-0.15, -0.1) is 0 Å². The van der Waals surface area contributed by atoms with E-state index >= 15 is 0 Å². The largest absolute Gasteiger partial charge is 0.372 e. The minimum Gasteiger partial charge on any atom is -0.372 e. The summed E-state index contributed by atoms with van der Waals surface area (Å²) in [6, 6.07) is 10.4. The zero-order chi connectivity index (χ0) is 13.1. The van der Waals surface area contributed by atoms with Crippen molar-refractivity contribution in [3.8, 4) is 0 Å². The van der Waals surface area contributed by atoms with Crippen molar-refractivity contribution >= 4 is 6.29 Å². The van der Waals surface area contributed by atoms with Crippen LogP contribution in [0.25, 0.3) is 0 Å². The predicted molar refractivity (Wildman–Crippen MR) is 72.3 cm³/mol. The van der Waals surface area contributed by atoms with E-state index in [1.807, 2.05) is 18.2 Å². The molecule has 4 unspecified atom stereocenters. The molecule has 1 saturated heterocycles. The summed E-state index contributed by atoms with van der Waals surface area (Å²) >= 11 is 0. The fourth-order valence-electron chi connectivity index (χ4n) is 3.19. The molecule has 2 fully saturated rings. The van der Waals surface area contributed by atoms with E-state index < -0.39 is 0 Å². The molecule has 0 spiro atoms. The molecule has 19 heavy (non-hydrogen) atoms. The summed E-state index contributed by atoms with van der Waals surface area (Å²) in [4.78, 5) is 11.0. The first-order chi connectivity index (χ1) is 9.38. The average molecular weight is 260 g/mol. The lowest BCUT2D eigenvalue weighted by Gasteiger charge is -2.33. The number of fused-ring (bicyclic) bond motifs is 1. The molecule has 1 aliphatic carbocycles. The van der Waals surface area contributed by atoms with Gasteiger partial charge >= 0.3 is 0 Å². The summed E-state index contributed by atoms with van der Waals surface area (Å²) < 4.78 is 6.06. The standard InChI is InChI=1S/C15H20N2O2/c18-9-13-12-7-4-8-14(15(12)17-16-13)19-10-11-5-2-1-3-6-11/h1-3,5-6,9,12-17H,4,7-8,10H2. The van der Waals surface area contributed by atoms with Gasteiger partial charge in [0.15, 0.2) is 0 Å². The number of carbonyl (C=O) groups excluding carboxylic acids is 1. The van der Waals surface area contributed by atoms with Gasteiger partial charge in [-0.25, -0.2) is 5.43 Å². The van der Waals surface area contributed by atoms with Crippen molar-refractivity contribution in [2.24, 2.45) is 5.92 Å². The molecular weight excluding hydrogens is 240 g/mol. The maximum Gasteiger partial charge on any atom is 0.138 e. The molecule has 1 aromatic carbocycles. The van der Waals surface area contributed by atoms with Crippen LogP contribution in [0.5, 0.6) is 0 Å². The van der Waals surface area contributed by atoms with Crippen molar-refractivity contribution in [2.75, 3.05) is 0 Å². The first-order valence-electron chi connectivity index (χ1n) is 7.00. The fourth-order valence-corrected chi connectivity index (χ4v) is 3.19. The number of hydrogen-bond donors (Lipinski definition) is 2. The summed E-state index contributed by atoms with van der Waals surface area (Å²) in [5.41, 5.74) is 7.51. The van der Waals surface area contributed by atoms with E-state index in [1.54, 1.807) is 0 Å². The van der Waals surface area contributed by atoms with Gasteiger partial charge in [-0.2, -0.15) is 0 Å². The Balaban J connectivity index is 1.60. The second kappa shape index (κ2) is 5.82. The van der Waals surface area contributed by atoms with E-state index in [9.17, 15) is 4.79 Å². The Labute approximate surface area is 113 Å². The van der Waals surface area contributed by atoms with Gasteiger partial charge in [-0.1, -0.05) is 36.8 Å². The number of hydrazine groups is 1. The zero-order valence-corrected chi connectivity index (χ0v) is 10.9. The maximum absolute atomic E-state index is 11.0. The summed E-state index contributed by atoms with van der Waals surface area (Å²) in [5, 5.41) is 0. The van der Waals surface area contributed by atoms with Gasteiger partial charge in [0.25, 0.3) is 0 Å². The van der Waals surface area contributed by atoms with Gasteiger partial charge in [0.2, 0.25) is 0 Å². The van der Waals surface area contributed by atoms with E-state index in [1.165, 1.54) is 5.56 Å². The highest BCUT2D eigenvalue weighted by Gasteiger charge is 2.42. The molecule has 1 aromatic rings. The first kappa shape index (κ1) is 12.8. The van der Waals surface area contributed by atoms with E-state index in [2.05, 4.69) is 23.0 Å². The Morgan fingerprint density at radius 1 is 1.21 bits per heavy atom. The second-order valence-electron chi connectivity index (χ2n) is 5.41. The Bertz CT molecular complexity index is 423. The van der Waals surface area contributed by atoms with Gasteiger partial charge in [-0.3, -0.25) is 5.43 Å². The Morgan fingerprint density at radius 2 is 2.05 bits per heavy atom. The van der Waals surface area contributed by atoms with Crippen molar-refractivity contribution in [1.29, 1.82) is 0 Å². The van der Waals surface area contributed by atoms with Crippen molar-refractivity contribution < 1.29 is 9.53 Å². The molecule has 1 heterocycles.